The minimum Gasteiger partial charge on any atom is -0.494 e. The van der Waals surface area contributed by atoms with Gasteiger partial charge in [0, 0.05) is 12.1 Å². The third-order valence-corrected chi connectivity index (χ3v) is 4.34. The van der Waals surface area contributed by atoms with Crippen molar-refractivity contribution in [1.82, 2.24) is 15.8 Å². The molecule has 0 radical (unpaired) electrons. The predicted molar refractivity (Wildman–Crippen MR) is 101 cm³/mol. The SMILES string of the molecule is CCN(Cc1ccc(OC)c(F)c1)C(C)C(=O)NNC(=O)c1ccc(F)cc1. The lowest BCUT2D eigenvalue weighted by Gasteiger charge is -2.27. The predicted octanol–water partition coefficient (Wildman–Crippen LogP) is 2.65. The average molecular weight is 391 g/mol. The van der Waals surface area contributed by atoms with Crippen LogP contribution in [0.5, 0.6) is 5.75 Å². The van der Waals surface area contributed by atoms with Crippen LogP contribution >= 0.6 is 0 Å². The lowest BCUT2D eigenvalue weighted by atomic mass is 10.1. The third-order valence-electron chi connectivity index (χ3n) is 4.34. The molecule has 0 spiro atoms. The van der Waals surface area contributed by atoms with E-state index in [9.17, 15) is 18.4 Å². The van der Waals surface area contributed by atoms with Crippen molar-refractivity contribution < 1.29 is 23.1 Å². The zero-order chi connectivity index (χ0) is 20.7. The quantitative estimate of drug-likeness (QED) is 0.712. The van der Waals surface area contributed by atoms with Gasteiger partial charge in [-0.3, -0.25) is 25.3 Å². The fourth-order valence-corrected chi connectivity index (χ4v) is 2.63. The number of methoxy groups -OCH3 is 1. The topological polar surface area (TPSA) is 70.7 Å². The number of likely N-dealkylation sites (N-methyl/N-ethyl adjacent to an activating group) is 1. The Balaban J connectivity index is 1.94. The summed E-state index contributed by atoms with van der Waals surface area (Å²) in [7, 11) is 1.39. The number of nitrogens with one attached hydrogen (secondary N) is 2. The maximum atomic E-state index is 13.9. The number of amides is 2. The summed E-state index contributed by atoms with van der Waals surface area (Å²) in [6.07, 6.45) is 0. The van der Waals surface area contributed by atoms with Crippen molar-refractivity contribution in [2.75, 3.05) is 13.7 Å². The van der Waals surface area contributed by atoms with Crippen molar-refractivity contribution in [2.24, 2.45) is 0 Å². The van der Waals surface area contributed by atoms with Crippen molar-refractivity contribution >= 4 is 11.8 Å². The van der Waals surface area contributed by atoms with Gasteiger partial charge in [-0.15, -0.1) is 0 Å². The Kier molecular flexibility index (Phi) is 7.45. The van der Waals surface area contributed by atoms with Gasteiger partial charge >= 0.3 is 0 Å². The van der Waals surface area contributed by atoms with Gasteiger partial charge in [0.05, 0.1) is 13.2 Å². The van der Waals surface area contributed by atoms with E-state index in [1.807, 2.05) is 11.8 Å². The number of hydrazine groups is 1. The molecule has 8 heteroatoms. The van der Waals surface area contributed by atoms with E-state index in [0.29, 0.717) is 18.7 Å². The first kappa shape index (κ1) is 21.3. The zero-order valence-electron chi connectivity index (χ0n) is 16.0. The maximum Gasteiger partial charge on any atom is 0.269 e. The number of carbonyl (C=O) groups excluding carboxylic acids is 2. The van der Waals surface area contributed by atoms with Crippen molar-refractivity contribution in [1.29, 1.82) is 0 Å². The molecule has 0 aliphatic carbocycles. The number of halogens is 2. The number of carbonyl (C=O) groups is 2. The van der Waals surface area contributed by atoms with E-state index in [4.69, 9.17) is 4.74 Å². The summed E-state index contributed by atoms with van der Waals surface area (Å²) in [5, 5.41) is 0. The lowest BCUT2D eigenvalue weighted by Crippen LogP contribution is -2.51. The Bertz CT molecular complexity index is 828. The molecular formula is C20H23F2N3O3. The zero-order valence-corrected chi connectivity index (χ0v) is 16.0. The number of hydrogen-bond donors (Lipinski definition) is 2. The number of ether oxygens (including phenoxy) is 1. The molecule has 0 saturated carbocycles. The number of hydrogen-bond acceptors (Lipinski definition) is 4. The van der Waals surface area contributed by atoms with E-state index in [1.165, 1.54) is 31.4 Å². The molecule has 0 saturated heterocycles. The van der Waals surface area contributed by atoms with Crippen LogP contribution in [0.3, 0.4) is 0 Å². The molecule has 0 heterocycles. The summed E-state index contributed by atoms with van der Waals surface area (Å²) in [4.78, 5) is 26.2. The molecule has 1 atom stereocenters. The summed E-state index contributed by atoms with van der Waals surface area (Å²) in [6, 6.07) is 9.00. The van der Waals surface area contributed by atoms with Gasteiger partial charge in [0.15, 0.2) is 11.6 Å². The van der Waals surface area contributed by atoms with E-state index in [0.717, 1.165) is 12.1 Å². The molecule has 2 aromatic rings. The summed E-state index contributed by atoms with van der Waals surface area (Å²) >= 11 is 0. The van der Waals surface area contributed by atoms with Crippen molar-refractivity contribution in [3.8, 4) is 5.75 Å². The van der Waals surface area contributed by atoms with Crippen LogP contribution in [0, 0.1) is 11.6 Å². The van der Waals surface area contributed by atoms with Crippen LogP contribution in [0.25, 0.3) is 0 Å². The Morgan fingerprint density at radius 1 is 1.11 bits per heavy atom. The van der Waals surface area contributed by atoms with Gasteiger partial charge in [-0.1, -0.05) is 13.0 Å². The molecule has 0 aromatic heterocycles. The summed E-state index contributed by atoms with van der Waals surface area (Å²) < 4.78 is 31.7. The molecule has 2 aromatic carbocycles. The minimum absolute atomic E-state index is 0.154. The van der Waals surface area contributed by atoms with Crippen LogP contribution in [-0.4, -0.2) is 36.4 Å². The van der Waals surface area contributed by atoms with Crippen molar-refractivity contribution in [3.05, 3.63) is 65.2 Å². The maximum absolute atomic E-state index is 13.9. The highest BCUT2D eigenvalue weighted by molar-refractivity contribution is 5.95. The molecule has 2 N–H and O–H groups in total. The lowest BCUT2D eigenvalue weighted by molar-refractivity contribution is -0.126. The van der Waals surface area contributed by atoms with Gasteiger partial charge in [0.2, 0.25) is 0 Å². The van der Waals surface area contributed by atoms with Gasteiger partial charge in [-0.2, -0.15) is 0 Å². The van der Waals surface area contributed by atoms with Gasteiger partial charge in [0.1, 0.15) is 5.82 Å². The normalized spacial score (nSPS) is 11.8. The standard InChI is InChI=1S/C20H23F2N3O3/c1-4-25(12-14-5-10-18(28-3)17(22)11-14)13(2)19(26)23-24-20(27)15-6-8-16(21)9-7-15/h5-11,13H,4,12H2,1-3H3,(H,23,26)(H,24,27). The number of benzene rings is 2. The van der Waals surface area contributed by atoms with Gasteiger partial charge in [-0.25, -0.2) is 8.78 Å². The smallest absolute Gasteiger partial charge is 0.269 e. The minimum atomic E-state index is -0.580. The summed E-state index contributed by atoms with van der Waals surface area (Å²) in [5.74, 6) is -1.75. The number of rotatable bonds is 7. The highest BCUT2D eigenvalue weighted by atomic mass is 19.1. The summed E-state index contributed by atoms with van der Waals surface area (Å²) in [5.41, 5.74) is 5.57. The molecule has 6 nitrogen and oxygen atoms in total. The molecule has 2 rings (SSSR count). The molecular weight excluding hydrogens is 368 g/mol. The number of nitrogens with zero attached hydrogens (tertiary/aromatic N) is 1. The highest BCUT2D eigenvalue weighted by Gasteiger charge is 2.21. The van der Waals surface area contributed by atoms with E-state index < -0.39 is 29.5 Å². The average Bonchev–Trinajstić information content (AvgIpc) is 2.70. The molecule has 0 fully saturated rings. The van der Waals surface area contributed by atoms with Gasteiger partial charge in [-0.05, 0) is 55.4 Å². The molecule has 28 heavy (non-hydrogen) atoms. The molecule has 2 amide bonds. The van der Waals surface area contributed by atoms with Crippen LogP contribution in [-0.2, 0) is 11.3 Å². The van der Waals surface area contributed by atoms with Gasteiger partial charge < -0.3 is 4.74 Å². The second kappa shape index (κ2) is 9.80. The fourth-order valence-electron chi connectivity index (χ4n) is 2.63. The molecule has 0 aliphatic heterocycles. The highest BCUT2D eigenvalue weighted by Crippen LogP contribution is 2.19. The van der Waals surface area contributed by atoms with E-state index >= 15 is 0 Å². The van der Waals surface area contributed by atoms with Crippen LogP contribution in [0.15, 0.2) is 42.5 Å². The third kappa shape index (κ3) is 5.50. The van der Waals surface area contributed by atoms with Gasteiger partial charge in [0.25, 0.3) is 11.8 Å². The second-order valence-electron chi connectivity index (χ2n) is 6.16. The fraction of sp³-hybridized carbons (Fsp3) is 0.300. The first-order chi connectivity index (χ1) is 13.3. The van der Waals surface area contributed by atoms with E-state index in [2.05, 4.69) is 10.9 Å². The van der Waals surface area contributed by atoms with E-state index in [1.54, 1.807) is 13.0 Å². The summed E-state index contributed by atoms with van der Waals surface area (Å²) in [6.45, 7) is 4.44. The van der Waals surface area contributed by atoms with Crippen molar-refractivity contribution in [3.63, 3.8) is 0 Å². The van der Waals surface area contributed by atoms with Crippen LogP contribution in [0.1, 0.15) is 29.8 Å². The Morgan fingerprint density at radius 3 is 2.36 bits per heavy atom. The molecule has 1 unspecified atom stereocenters. The Labute approximate surface area is 162 Å². The molecule has 150 valence electrons. The molecule has 0 bridgehead atoms. The second-order valence-corrected chi connectivity index (χ2v) is 6.16. The monoisotopic (exact) mass is 391 g/mol. The molecule has 0 aliphatic rings. The first-order valence-corrected chi connectivity index (χ1v) is 8.78. The first-order valence-electron chi connectivity index (χ1n) is 8.78. The van der Waals surface area contributed by atoms with Crippen LogP contribution in [0.4, 0.5) is 8.78 Å². The Morgan fingerprint density at radius 2 is 1.79 bits per heavy atom. The van der Waals surface area contributed by atoms with Crippen LogP contribution in [0.2, 0.25) is 0 Å². The Hall–Kier alpha value is -3.00. The largest absolute Gasteiger partial charge is 0.494 e. The van der Waals surface area contributed by atoms with Crippen LogP contribution < -0.4 is 15.6 Å². The van der Waals surface area contributed by atoms with Crippen molar-refractivity contribution in [2.45, 2.75) is 26.4 Å². The van der Waals surface area contributed by atoms with E-state index in [-0.39, 0.29) is 11.3 Å².